The molecular formula is C7H16NO2+. The lowest BCUT2D eigenvalue weighted by atomic mass is 10.1. The lowest BCUT2D eigenvalue weighted by molar-refractivity contribution is -0.964. The van der Waals surface area contributed by atoms with Gasteiger partial charge in [-0.1, -0.05) is 0 Å². The van der Waals surface area contributed by atoms with Gasteiger partial charge in [-0.05, 0) is 0 Å². The molecule has 0 saturated carbocycles. The number of aliphatic hydroxyl groups is 2. The number of likely N-dealkylation sites (tertiary alicyclic amines) is 1. The third-order valence-corrected chi connectivity index (χ3v) is 2.41. The highest BCUT2D eigenvalue weighted by atomic mass is 16.3. The topological polar surface area (TPSA) is 40.5 Å². The molecule has 0 aromatic rings. The first-order valence-electron chi connectivity index (χ1n) is 3.90. The summed E-state index contributed by atoms with van der Waals surface area (Å²) in [7, 11) is 0. The maximum absolute atomic E-state index is 8.70. The molecule has 1 saturated heterocycles. The smallest absolute Gasteiger partial charge is 0.102 e. The number of nitrogens with zero attached hydrogens (tertiary/aromatic N) is 1. The average molecular weight is 146 g/mol. The molecule has 0 atom stereocenters. The fourth-order valence-electron chi connectivity index (χ4n) is 1.59. The van der Waals surface area contributed by atoms with Gasteiger partial charge in [-0.15, -0.1) is 0 Å². The lowest BCUT2D eigenvalue weighted by Gasteiger charge is -2.45. The maximum atomic E-state index is 8.70. The fourth-order valence-corrected chi connectivity index (χ4v) is 1.59. The van der Waals surface area contributed by atoms with Crippen LogP contribution in [-0.2, 0) is 0 Å². The molecule has 0 spiro atoms. The Bertz CT molecular complexity index is 93.8. The monoisotopic (exact) mass is 146 g/mol. The molecule has 1 rings (SSSR count). The molecule has 0 aromatic heterocycles. The van der Waals surface area contributed by atoms with E-state index in [1.165, 1.54) is 6.42 Å². The summed E-state index contributed by atoms with van der Waals surface area (Å²) < 4.78 is 0.938. The molecular weight excluding hydrogens is 130 g/mol. The third-order valence-electron chi connectivity index (χ3n) is 2.41. The molecule has 1 aliphatic rings. The molecule has 0 radical (unpaired) electrons. The summed E-state index contributed by atoms with van der Waals surface area (Å²) >= 11 is 0. The maximum Gasteiger partial charge on any atom is 0.102 e. The molecule has 0 bridgehead atoms. The first kappa shape index (κ1) is 7.98. The van der Waals surface area contributed by atoms with Crippen LogP contribution < -0.4 is 0 Å². The Morgan fingerprint density at radius 2 is 1.50 bits per heavy atom. The van der Waals surface area contributed by atoms with E-state index in [1.54, 1.807) is 0 Å². The summed E-state index contributed by atoms with van der Waals surface area (Å²) in [6.45, 7) is 4.42. The Kier molecular flexibility index (Phi) is 2.65. The molecule has 3 nitrogen and oxygen atoms in total. The van der Waals surface area contributed by atoms with Gasteiger partial charge in [0.2, 0.25) is 0 Å². The normalized spacial score (nSPS) is 22.2. The van der Waals surface area contributed by atoms with Gasteiger partial charge in [0, 0.05) is 6.42 Å². The minimum Gasteiger partial charge on any atom is -0.391 e. The van der Waals surface area contributed by atoms with E-state index in [0.717, 1.165) is 30.7 Å². The Balaban J connectivity index is 2.27. The van der Waals surface area contributed by atoms with Crippen molar-refractivity contribution in [3.05, 3.63) is 0 Å². The minimum atomic E-state index is 0.250. The van der Waals surface area contributed by atoms with Crippen LogP contribution in [0.3, 0.4) is 0 Å². The molecule has 0 aliphatic carbocycles. The number of rotatable bonds is 4. The zero-order chi connectivity index (χ0) is 7.45. The molecule has 2 N–H and O–H groups in total. The quantitative estimate of drug-likeness (QED) is 0.509. The van der Waals surface area contributed by atoms with E-state index in [-0.39, 0.29) is 13.2 Å². The molecule has 0 unspecified atom stereocenters. The van der Waals surface area contributed by atoms with Crippen molar-refractivity contribution < 1.29 is 14.7 Å². The number of aliphatic hydroxyl groups excluding tert-OH is 2. The molecule has 10 heavy (non-hydrogen) atoms. The summed E-state index contributed by atoms with van der Waals surface area (Å²) in [5, 5.41) is 17.4. The predicted octanol–water partition coefficient (Wildman–Crippen LogP) is -0.808. The zero-order valence-electron chi connectivity index (χ0n) is 6.29. The van der Waals surface area contributed by atoms with E-state index >= 15 is 0 Å². The van der Waals surface area contributed by atoms with Crippen molar-refractivity contribution in [1.29, 1.82) is 0 Å². The molecule has 60 valence electrons. The van der Waals surface area contributed by atoms with Gasteiger partial charge in [-0.25, -0.2) is 0 Å². The van der Waals surface area contributed by atoms with E-state index in [4.69, 9.17) is 10.2 Å². The second-order valence-electron chi connectivity index (χ2n) is 3.04. The van der Waals surface area contributed by atoms with Gasteiger partial charge in [0.25, 0.3) is 0 Å². The van der Waals surface area contributed by atoms with E-state index in [1.807, 2.05) is 0 Å². The van der Waals surface area contributed by atoms with Gasteiger partial charge < -0.3 is 14.7 Å². The van der Waals surface area contributed by atoms with Gasteiger partial charge in [0.1, 0.15) is 13.1 Å². The van der Waals surface area contributed by atoms with Crippen molar-refractivity contribution in [1.82, 2.24) is 0 Å². The number of quaternary nitrogens is 1. The molecule has 1 aliphatic heterocycles. The lowest BCUT2D eigenvalue weighted by Crippen LogP contribution is -2.60. The van der Waals surface area contributed by atoms with Crippen molar-refractivity contribution in [3.63, 3.8) is 0 Å². The molecule has 1 fully saturated rings. The molecule has 0 aromatic carbocycles. The van der Waals surface area contributed by atoms with Crippen molar-refractivity contribution in [2.24, 2.45) is 0 Å². The summed E-state index contributed by atoms with van der Waals surface area (Å²) in [5.74, 6) is 0. The Morgan fingerprint density at radius 1 is 1.00 bits per heavy atom. The SMILES string of the molecule is OCC[N+]1(CCO)CCC1. The highest BCUT2D eigenvalue weighted by Gasteiger charge is 2.33. The van der Waals surface area contributed by atoms with Crippen molar-refractivity contribution in [2.45, 2.75) is 6.42 Å². The minimum absolute atomic E-state index is 0.250. The van der Waals surface area contributed by atoms with Crippen LogP contribution in [0, 0.1) is 0 Å². The van der Waals surface area contributed by atoms with Crippen LogP contribution in [-0.4, -0.2) is 54.1 Å². The highest BCUT2D eigenvalue weighted by Crippen LogP contribution is 2.18. The van der Waals surface area contributed by atoms with Gasteiger partial charge >= 0.3 is 0 Å². The second-order valence-corrected chi connectivity index (χ2v) is 3.04. The number of hydrogen-bond donors (Lipinski definition) is 2. The summed E-state index contributed by atoms with van der Waals surface area (Å²) in [5.41, 5.74) is 0. The first-order chi connectivity index (χ1) is 4.83. The third kappa shape index (κ3) is 1.48. The van der Waals surface area contributed by atoms with Crippen LogP contribution >= 0.6 is 0 Å². The van der Waals surface area contributed by atoms with Crippen molar-refractivity contribution >= 4 is 0 Å². The van der Waals surface area contributed by atoms with E-state index in [0.29, 0.717) is 0 Å². The average Bonchev–Trinajstić information content (AvgIpc) is 1.84. The zero-order valence-corrected chi connectivity index (χ0v) is 6.29. The Hall–Kier alpha value is -0.120. The van der Waals surface area contributed by atoms with Crippen LogP contribution in [0.4, 0.5) is 0 Å². The van der Waals surface area contributed by atoms with Crippen LogP contribution in [0.25, 0.3) is 0 Å². The van der Waals surface area contributed by atoms with E-state index in [2.05, 4.69) is 0 Å². The van der Waals surface area contributed by atoms with E-state index in [9.17, 15) is 0 Å². The fraction of sp³-hybridized carbons (Fsp3) is 1.00. The van der Waals surface area contributed by atoms with Crippen LogP contribution in [0.2, 0.25) is 0 Å². The Labute approximate surface area is 61.5 Å². The van der Waals surface area contributed by atoms with Crippen LogP contribution in [0.15, 0.2) is 0 Å². The van der Waals surface area contributed by atoms with Crippen molar-refractivity contribution in [3.8, 4) is 0 Å². The van der Waals surface area contributed by atoms with Crippen LogP contribution in [0.5, 0.6) is 0 Å². The summed E-state index contributed by atoms with van der Waals surface area (Å²) in [4.78, 5) is 0. The van der Waals surface area contributed by atoms with E-state index < -0.39 is 0 Å². The van der Waals surface area contributed by atoms with Gasteiger partial charge in [-0.3, -0.25) is 0 Å². The van der Waals surface area contributed by atoms with Crippen LogP contribution in [0.1, 0.15) is 6.42 Å². The first-order valence-corrected chi connectivity index (χ1v) is 3.90. The van der Waals surface area contributed by atoms with Gasteiger partial charge in [0.05, 0.1) is 26.3 Å². The van der Waals surface area contributed by atoms with Gasteiger partial charge in [0.15, 0.2) is 0 Å². The largest absolute Gasteiger partial charge is 0.391 e. The summed E-state index contributed by atoms with van der Waals surface area (Å²) in [6.07, 6.45) is 1.25. The predicted molar refractivity (Wildman–Crippen MR) is 38.5 cm³/mol. The van der Waals surface area contributed by atoms with Gasteiger partial charge in [-0.2, -0.15) is 0 Å². The standard InChI is InChI=1S/C7H16NO2/c9-6-4-8(5-7-10)2-1-3-8/h9-10H,1-7H2/q+1. The number of hydrogen-bond acceptors (Lipinski definition) is 2. The molecule has 1 heterocycles. The second kappa shape index (κ2) is 3.32. The van der Waals surface area contributed by atoms with Crippen molar-refractivity contribution in [2.75, 3.05) is 39.4 Å². The Morgan fingerprint density at radius 3 is 1.70 bits per heavy atom. The molecule has 3 heteroatoms. The molecule has 0 amide bonds. The summed E-state index contributed by atoms with van der Waals surface area (Å²) in [6, 6.07) is 0. The highest BCUT2D eigenvalue weighted by molar-refractivity contribution is 4.54.